The van der Waals surface area contributed by atoms with Crippen molar-refractivity contribution in [3.05, 3.63) is 0 Å². The summed E-state index contributed by atoms with van der Waals surface area (Å²) in [5.74, 6) is 1.65. The highest BCUT2D eigenvalue weighted by atomic mass is 127. The Morgan fingerprint density at radius 2 is 2.08 bits per heavy atom. The van der Waals surface area contributed by atoms with Crippen LogP contribution in [0.5, 0.6) is 0 Å². The minimum atomic E-state index is -0.440. The zero-order valence-electron chi connectivity index (χ0n) is 16.5. The quantitative estimate of drug-likeness (QED) is 0.355. The Labute approximate surface area is 170 Å². The van der Waals surface area contributed by atoms with Crippen molar-refractivity contribution < 1.29 is 9.53 Å². The second-order valence-corrected chi connectivity index (χ2v) is 8.10. The smallest absolute Gasteiger partial charge is 0.410 e. The van der Waals surface area contributed by atoms with E-state index in [0.717, 1.165) is 45.3 Å². The first kappa shape index (κ1) is 24.3. The topological polar surface area (TPSA) is 80.0 Å². The molecule has 0 aliphatic carbocycles. The third-order valence-electron chi connectivity index (χ3n) is 4.02. The average molecular weight is 468 g/mol. The van der Waals surface area contributed by atoms with Gasteiger partial charge in [0.1, 0.15) is 5.60 Å². The van der Waals surface area contributed by atoms with E-state index in [0.29, 0.717) is 24.3 Å². The number of halogens is 1. The normalized spacial score (nSPS) is 18.7. The van der Waals surface area contributed by atoms with Crippen molar-refractivity contribution in [2.24, 2.45) is 22.6 Å². The number of aliphatic imine (C=N–C) groups is 1. The molecule has 0 radical (unpaired) electrons. The predicted octanol–water partition coefficient (Wildman–Crippen LogP) is 3.59. The van der Waals surface area contributed by atoms with Gasteiger partial charge >= 0.3 is 6.09 Å². The zero-order valence-corrected chi connectivity index (χ0v) is 18.8. The summed E-state index contributed by atoms with van der Waals surface area (Å²) in [6, 6.07) is 0. The molecule has 1 heterocycles. The number of nitrogens with zero attached hydrogens (tertiary/aromatic N) is 2. The number of carbonyl (C=O) groups is 1. The Balaban J connectivity index is 0.00000576. The summed E-state index contributed by atoms with van der Waals surface area (Å²) in [5, 5.41) is 3.15. The molecule has 1 aliphatic rings. The molecule has 25 heavy (non-hydrogen) atoms. The molecule has 0 aromatic heterocycles. The highest BCUT2D eigenvalue weighted by Gasteiger charge is 2.27. The van der Waals surface area contributed by atoms with Gasteiger partial charge in [-0.25, -0.2) is 4.79 Å². The number of nitrogens with one attached hydrogen (secondary N) is 1. The minimum absolute atomic E-state index is 0. The molecule has 1 amide bonds. The second-order valence-electron chi connectivity index (χ2n) is 8.10. The van der Waals surface area contributed by atoms with E-state index in [1.165, 1.54) is 0 Å². The number of carbonyl (C=O) groups excluding carboxylic acids is 1. The maximum atomic E-state index is 12.2. The molecule has 1 rings (SSSR count). The summed E-state index contributed by atoms with van der Waals surface area (Å²) in [6.07, 6.45) is 3.99. The molecular weight excluding hydrogens is 431 g/mol. The van der Waals surface area contributed by atoms with Crippen molar-refractivity contribution in [2.45, 2.75) is 65.9 Å². The zero-order chi connectivity index (χ0) is 18.2. The van der Waals surface area contributed by atoms with E-state index in [4.69, 9.17) is 10.5 Å². The summed E-state index contributed by atoms with van der Waals surface area (Å²) in [6.45, 7) is 13.2. The number of nitrogens with two attached hydrogens (primary N) is 1. The molecule has 6 nitrogen and oxygen atoms in total. The van der Waals surface area contributed by atoms with Gasteiger partial charge in [-0.2, -0.15) is 0 Å². The number of hydrogen-bond acceptors (Lipinski definition) is 3. The van der Waals surface area contributed by atoms with E-state index >= 15 is 0 Å². The molecule has 7 heteroatoms. The van der Waals surface area contributed by atoms with Gasteiger partial charge in [0.2, 0.25) is 0 Å². The number of likely N-dealkylation sites (tertiary alicyclic amines) is 1. The molecule has 3 N–H and O–H groups in total. The molecule has 0 aromatic carbocycles. The van der Waals surface area contributed by atoms with Crippen LogP contribution in [0.1, 0.15) is 60.3 Å². The van der Waals surface area contributed by atoms with Gasteiger partial charge in [0.15, 0.2) is 5.96 Å². The number of hydrogen-bond donors (Lipinski definition) is 2. The Kier molecular flexibility index (Phi) is 11.5. The van der Waals surface area contributed by atoms with Gasteiger partial charge in [-0.05, 0) is 58.3 Å². The average Bonchev–Trinajstić information content (AvgIpc) is 2.45. The molecule has 0 spiro atoms. The Hall–Kier alpha value is -0.730. The molecule has 1 fully saturated rings. The van der Waals surface area contributed by atoms with Crippen LogP contribution in [0.2, 0.25) is 0 Å². The van der Waals surface area contributed by atoms with Crippen LogP contribution in [0, 0.1) is 11.8 Å². The first-order chi connectivity index (χ1) is 11.2. The van der Waals surface area contributed by atoms with Gasteiger partial charge in [0.05, 0.1) is 0 Å². The molecule has 1 saturated heterocycles. The number of amides is 1. The first-order valence-electron chi connectivity index (χ1n) is 9.19. The Morgan fingerprint density at radius 3 is 2.68 bits per heavy atom. The maximum absolute atomic E-state index is 12.2. The van der Waals surface area contributed by atoms with Gasteiger partial charge in [-0.1, -0.05) is 13.8 Å². The minimum Gasteiger partial charge on any atom is -0.444 e. The second kappa shape index (κ2) is 11.8. The third kappa shape index (κ3) is 11.5. The highest BCUT2D eigenvalue weighted by molar-refractivity contribution is 14.0. The van der Waals surface area contributed by atoms with Crippen molar-refractivity contribution >= 4 is 36.0 Å². The van der Waals surface area contributed by atoms with E-state index in [9.17, 15) is 4.79 Å². The first-order valence-corrected chi connectivity index (χ1v) is 9.19. The van der Waals surface area contributed by atoms with Crippen LogP contribution in [0.3, 0.4) is 0 Å². The van der Waals surface area contributed by atoms with E-state index in [1.54, 1.807) is 0 Å². The van der Waals surface area contributed by atoms with Crippen LogP contribution in [-0.2, 0) is 4.74 Å². The van der Waals surface area contributed by atoms with Crippen molar-refractivity contribution in [1.82, 2.24) is 10.2 Å². The Morgan fingerprint density at radius 1 is 1.40 bits per heavy atom. The van der Waals surface area contributed by atoms with Gasteiger partial charge in [0.25, 0.3) is 0 Å². The lowest BCUT2D eigenvalue weighted by atomic mass is 9.95. The van der Waals surface area contributed by atoms with E-state index in [2.05, 4.69) is 24.2 Å². The maximum Gasteiger partial charge on any atom is 0.410 e. The standard InChI is InChI=1S/C18H36N4O2.HI/c1-14(2)8-10-20-16(19)21-11-9-15-7-6-12-22(13-15)17(23)24-18(3,4)5;/h14-15H,6-13H2,1-5H3,(H3,19,20,21);1H. The number of ether oxygens (including phenoxy) is 1. The summed E-state index contributed by atoms with van der Waals surface area (Å²) >= 11 is 0. The number of rotatable bonds is 6. The van der Waals surface area contributed by atoms with Crippen LogP contribution in [0.4, 0.5) is 4.79 Å². The molecule has 1 unspecified atom stereocenters. The lowest BCUT2D eigenvalue weighted by Gasteiger charge is -2.34. The largest absolute Gasteiger partial charge is 0.444 e. The van der Waals surface area contributed by atoms with Crippen LogP contribution in [-0.4, -0.2) is 48.7 Å². The van der Waals surface area contributed by atoms with Gasteiger partial charge in [0, 0.05) is 26.2 Å². The van der Waals surface area contributed by atoms with E-state index in [1.807, 2.05) is 25.7 Å². The van der Waals surface area contributed by atoms with Gasteiger partial charge in [-0.15, -0.1) is 24.0 Å². The summed E-state index contributed by atoms with van der Waals surface area (Å²) in [5.41, 5.74) is 5.43. The summed E-state index contributed by atoms with van der Waals surface area (Å²) in [4.78, 5) is 18.4. The molecule has 0 bridgehead atoms. The monoisotopic (exact) mass is 468 g/mol. The van der Waals surface area contributed by atoms with Crippen LogP contribution >= 0.6 is 24.0 Å². The van der Waals surface area contributed by atoms with Crippen molar-refractivity contribution in [3.8, 4) is 0 Å². The van der Waals surface area contributed by atoms with Crippen molar-refractivity contribution in [1.29, 1.82) is 0 Å². The van der Waals surface area contributed by atoms with E-state index in [-0.39, 0.29) is 30.1 Å². The molecule has 0 saturated carbocycles. The summed E-state index contributed by atoms with van der Waals surface area (Å²) < 4.78 is 5.46. The third-order valence-corrected chi connectivity index (χ3v) is 4.02. The lowest BCUT2D eigenvalue weighted by molar-refractivity contribution is 0.0163. The molecule has 0 aromatic rings. The van der Waals surface area contributed by atoms with Crippen LogP contribution < -0.4 is 11.1 Å². The van der Waals surface area contributed by atoms with Gasteiger partial charge in [-0.3, -0.25) is 4.99 Å². The molecule has 1 aliphatic heterocycles. The number of piperidine rings is 1. The SMILES string of the molecule is CC(C)CCNC(N)=NCCC1CCCN(C(=O)OC(C)(C)C)C1.I. The highest BCUT2D eigenvalue weighted by Crippen LogP contribution is 2.21. The van der Waals surface area contributed by atoms with Crippen LogP contribution in [0.15, 0.2) is 4.99 Å². The van der Waals surface area contributed by atoms with Crippen LogP contribution in [0.25, 0.3) is 0 Å². The molecule has 148 valence electrons. The fraction of sp³-hybridized carbons (Fsp3) is 0.889. The fourth-order valence-electron chi connectivity index (χ4n) is 2.71. The van der Waals surface area contributed by atoms with Crippen molar-refractivity contribution in [3.63, 3.8) is 0 Å². The van der Waals surface area contributed by atoms with Gasteiger partial charge < -0.3 is 20.7 Å². The fourth-order valence-corrected chi connectivity index (χ4v) is 2.71. The Bertz CT molecular complexity index is 422. The van der Waals surface area contributed by atoms with Crippen molar-refractivity contribution in [2.75, 3.05) is 26.2 Å². The predicted molar refractivity (Wildman–Crippen MR) is 115 cm³/mol. The number of guanidine groups is 1. The molecule has 1 atom stereocenters. The lowest BCUT2D eigenvalue weighted by Crippen LogP contribution is -2.43. The van der Waals surface area contributed by atoms with E-state index < -0.39 is 5.60 Å². The molecular formula is C18H37IN4O2. The summed E-state index contributed by atoms with van der Waals surface area (Å²) in [7, 11) is 0.